The zero-order valence-electron chi connectivity index (χ0n) is 10.8. The molecule has 0 amide bonds. The lowest BCUT2D eigenvalue weighted by molar-refractivity contribution is 0.324. The van der Waals surface area contributed by atoms with Gasteiger partial charge in [0.05, 0.1) is 0 Å². The highest BCUT2D eigenvalue weighted by Crippen LogP contribution is 2.32. The first-order valence-corrected chi connectivity index (χ1v) is 7.54. The van der Waals surface area contributed by atoms with Gasteiger partial charge in [-0.3, -0.25) is 0 Å². The SMILES string of the molecule is CC1CCN(c2cccc(Br)c2C(N)=S)CC1C. The van der Waals surface area contributed by atoms with Crippen LogP contribution >= 0.6 is 28.1 Å². The summed E-state index contributed by atoms with van der Waals surface area (Å²) in [6.45, 7) is 6.80. The molecule has 4 heteroatoms. The van der Waals surface area contributed by atoms with Crippen LogP contribution in [0.2, 0.25) is 0 Å². The summed E-state index contributed by atoms with van der Waals surface area (Å²) in [5.74, 6) is 1.50. The maximum Gasteiger partial charge on any atom is 0.107 e. The fraction of sp³-hybridized carbons (Fsp3) is 0.500. The van der Waals surface area contributed by atoms with Crippen molar-refractivity contribution in [2.75, 3.05) is 18.0 Å². The van der Waals surface area contributed by atoms with Gasteiger partial charge in [-0.1, -0.05) is 32.1 Å². The van der Waals surface area contributed by atoms with E-state index in [9.17, 15) is 0 Å². The Hall–Kier alpha value is -0.610. The van der Waals surface area contributed by atoms with Crippen molar-refractivity contribution in [1.29, 1.82) is 0 Å². The van der Waals surface area contributed by atoms with Crippen LogP contribution in [0.5, 0.6) is 0 Å². The summed E-state index contributed by atoms with van der Waals surface area (Å²) in [4.78, 5) is 2.87. The first kappa shape index (κ1) is 13.8. The average Bonchev–Trinajstić information content (AvgIpc) is 2.32. The molecule has 1 saturated heterocycles. The van der Waals surface area contributed by atoms with E-state index in [4.69, 9.17) is 18.0 Å². The molecule has 0 spiro atoms. The first-order valence-electron chi connectivity index (χ1n) is 6.34. The minimum absolute atomic E-state index is 0.462. The lowest BCUT2D eigenvalue weighted by atomic mass is 9.88. The molecule has 1 aliphatic rings. The molecule has 0 bridgehead atoms. The number of benzene rings is 1. The van der Waals surface area contributed by atoms with Gasteiger partial charge in [0.25, 0.3) is 0 Å². The van der Waals surface area contributed by atoms with Crippen molar-refractivity contribution in [2.24, 2.45) is 17.6 Å². The number of nitrogens with zero attached hydrogens (tertiary/aromatic N) is 1. The van der Waals surface area contributed by atoms with Crippen molar-refractivity contribution in [3.63, 3.8) is 0 Å². The number of hydrogen-bond acceptors (Lipinski definition) is 2. The molecule has 0 radical (unpaired) electrons. The number of nitrogens with two attached hydrogens (primary N) is 1. The Labute approximate surface area is 123 Å². The molecule has 2 nitrogen and oxygen atoms in total. The van der Waals surface area contributed by atoms with Crippen LogP contribution in [0.4, 0.5) is 5.69 Å². The molecule has 0 aliphatic carbocycles. The summed E-state index contributed by atoms with van der Waals surface area (Å²) in [5.41, 5.74) is 7.99. The molecule has 1 heterocycles. The highest BCUT2D eigenvalue weighted by atomic mass is 79.9. The minimum Gasteiger partial charge on any atom is -0.389 e. The van der Waals surface area contributed by atoms with E-state index in [2.05, 4.69) is 40.7 Å². The molecule has 1 aromatic rings. The van der Waals surface area contributed by atoms with Gasteiger partial charge in [0.15, 0.2) is 0 Å². The number of halogens is 1. The molecule has 2 unspecified atom stereocenters. The number of thiocarbonyl (C=S) groups is 1. The molecular weight excluding hydrogens is 308 g/mol. The molecule has 18 heavy (non-hydrogen) atoms. The molecule has 1 fully saturated rings. The minimum atomic E-state index is 0.462. The van der Waals surface area contributed by atoms with E-state index >= 15 is 0 Å². The molecule has 1 aromatic carbocycles. The summed E-state index contributed by atoms with van der Waals surface area (Å²) >= 11 is 8.73. The second kappa shape index (κ2) is 5.57. The van der Waals surface area contributed by atoms with Crippen LogP contribution in [0.3, 0.4) is 0 Å². The number of rotatable bonds is 2. The topological polar surface area (TPSA) is 29.3 Å². The van der Waals surface area contributed by atoms with Gasteiger partial charge in [-0.2, -0.15) is 0 Å². The van der Waals surface area contributed by atoms with E-state index in [-0.39, 0.29) is 0 Å². The van der Waals surface area contributed by atoms with Crippen LogP contribution in [0.15, 0.2) is 22.7 Å². The van der Waals surface area contributed by atoms with E-state index in [0.717, 1.165) is 34.7 Å². The van der Waals surface area contributed by atoms with E-state index in [1.165, 1.54) is 6.42 Å². The number of hydrogen-bond donors (Lipinski definition) is 1. The van der Waals surface area contributed by atoms with E-state index < -0.39 is 0 Å². The zero-order chi connectivity index (χ0) is 13.3. The van der Waals surface area contributed by atoms with Gasteiger partial charge in [0, 0.05) is 28.8 Å². The smallest absolute Gasteiger partial charge is 0.107 e. The second-order valence-corrected chi connectivity index (χ2v) is 6.48. The van der Waals surface area contributed by atoms with Crippen LogP contribution in [-0.2, 0) is 0 Å². The molecule has 0 aromatic heterocycles. The zero-order valence-corrected chi connectivity index (χ0v) is 13.2. The predicted octanol–water partition coefficient (Wildman–Crippen LogP) is 3.57. The van der Waals surface area contributed by atoms with Gasteiger partial charge in [-0.05, 0) is 46.3 Å². The summed E-state index contributed by atoms with van der Waals surface area (Å²) in [5, 5.41) is 0. The third kappa shape index (κ3) is 2.69. The summed E-state index contributed by atoms with van der Waals surface area (Å²) in [6.07, 6.45) is 1.23. The average molecular weight is 327 g/mol. The number of piperidine rings is 1. The van der Waals surface area contributed by atoms with Gasteiger partial charge in [0.1, 0.15) is 4.99 Å². The van der Waals surface area contributed by atoms with Gasteiger partial charge < -0.3 is 10.6 Å². The lowest BCUT2D eigenvalue weighted by Crippen LogP contribution is -2.39. The fourth-order valence-corrected chi connectivity index (χ4v) is 3.42. The molecule has 2 atom stereocenters. The van der Waals surface area contributed by atoms with Crippen LogP contribution in [0.25, 0.3) is 0 Å². The van der Waals surface area contributed by atoms with Crippen molar-refractivity contribution >= 4 is 38.8 Å². The second-order valence-electron chi connectivity index (χ2n) is 5.19. The van der Waals surface area contributed by atoms with Crippen molar-refractivity contribution in [2.45, 2.75) is 20.3 Å². The summed E-state index contributed by atoms with van der Waals surface area (Å²) in [7, 11) is 0. The van der Waals surface area contributed by atoms with Crippen LogP contribution in [0, 0.1) is 11.8 Å². The van der Waals surface area contributed by atoms with Gasteiger partial charge in [-0.25, -0.2) is 0 Å². The Bertz CT molecular complexity index is 461. The van der Waals surface area contributed by atoms with Gasteiger partial charge >= 0.3 is 0 Å². The predicted molar refractivity (Wildman–Crippen MR) is 85.2 cm³/mol. The first-order chi connectivity index (χ1) is 8.50. The van der Waals surface area contributed by atoms with Crippen molar-refractivity contribution in [3.05, 3.63) is 28.2 Å². The molecule has 98 valence electrons. The largest absolute Gasteiger partial charge is 0.389 e. The monoisotopic (exact) mass is 326 g/mol. The molecule has 1 aliphatic heterocycles. The Morgan fingerprint density at radius 3 is 2.72 bits per heavy atom. The molecule has 0 saturated carbocycles. The van der Waals surface area contributed by atoms with Crippen LogP contribution in [0.1, 0.15) is 25.8 Å². The highest BCUT2D eigenvalue weighted by Gasteiger charge is 2.25. The summed E-state index contributed by atoms with van der Waals surface area (Å²) in [6, 6.07) is 6.15. The van der Waals surface area contributed by atoms with Gasteiger partial charge in [0.2, 0.25) is 0 Å². The Morgan fingerprint density at radius 1 is 1.39 bits per heavy atom. The highest BCUT2D eigenvalue weighted by molar-refractivity contribution is 9.10. The van der Waals surface area contributed by atoms with Crippen molar-refractivity contribution in [1.82, 2.24) is 0 Å². The maximum atomic E-state index is 5.86. The molecule has 2 rings (SSSR count). The molecular formula is C14H19BrN2S. The Morgan fingerprint density at radius 2 is 2.11 bits per heavy atom. The number of anilines is 1. The van der Waals surface area contributed by atoms with E-state index in [0.29, 0.717) is 10.9 Å². The standard InChI is InChI=1S/C14H19BrN2S/c1-9-6-7-17(8-10(9)2)12-5-3-4-11(15)13(12)14(16)18/h3-5,9-10H,6-8H2,1-2H3,(H2,16,18). The van der Waals surface area contributed by atoms with E-state index in [1.807, 2.05) is 12.1 Å². The third-order valence-corrected chi connectivity index (χ3v) is 4.78. The van der Waals surface area contributed by atoms with E-state index in [1.54, 1.807) is 0 Å². The maximum absolute atomic E-state index is 5.86. The summed E-state index contributed by atoms with van der Waals surface area (Å²) < 4.78 is 0.985. The fourth-order valence-electron chi connectivity index (χ4n) is 2.50. The molecule has 2 N–H and O–H groups in total. The van der Waals surface area contributed by atoms with Crippen LogP contribution < -0.4 is 10.6 Å². The quantitative estimate of drug-likeness (QED) is 0.842. The Kier molecular flexibility index (Phi) is 4.28. The normalized spacial score (nSPS) is 24.1. The van der Waals surface area contributed by atoms with Crippen molar-refractivity contribution in [3.8, 4) is 0 Å². The third-order valence-electron chi connectivity index (χ3n) is 3.91. The lowest BCUT2D eigenvalue weighted by Gasteiger charge is -2.37. The van der Waals surface area contributed by atoms with Crippen LogP contribution in [-0.4, -0.2) is 18.1 Å². The van der Waals surface area contributed by atoms with Crippen molar-refractivity contribution < 1.29 is 0 Å². The van der Waals surface area contributed by atoms with Gasteiger partial charge in [-0.15, -0.1) is 0 Å². The Balaban J connectivity index is 2.34.